The number of nitrogens with one attached hydrogen (secondary N) is 1. The highest BCUT2D eigenvalue weighted by atomic mass is 16.5. The Kier molecular flexibility index (Phi) is 4.47. The van der Waals surface area contributed by atoms with Gasteiger partial charge in [0.05, 0.1) is 12.4 Å². The molecular formula is C15H19NO5. The van der Waals surface area contributed by atoms with Crippen LogP contribution in [0.4, 0.5) is 0 Å². The van der Waals surface area contributed by atoms with Crippen molar-refractivity contribution in [2.24, 2.45) is 5.41 Å². The van der Waals surface area contributed by atoms with Crippen molar-refractivity contribution in [1.82, 2.24) is 5.32 Å². The molecular weight excluding hydrogens is 274 g/mol. The quantitative estimate of drug-likeness (QED) is 0.635. The number of ether oxygens (including phenoxy) is 1. The average Bonchev–Trinajstić information content (AvgIpc) is 3.00. The van der Waals surface area contributed by atoms with Crippen molar-refractivity contribution in [3.05, 3.63) is 36.3 Å². The van der Waals surface area contributed by atoms with Crippen LogP contribution in [0.3, 0.4) is 0 Å². The molecule has 1 aromatic rings. The van der Waals surface area contributed by atoms with Gasteiger partial charge in [0, 0.05) is 19.6 Å². The Balaban J connectivity index is 2.48. The molecule has 3 unspecified atom stereocenters. The summed E-state index contributed by atoms with van der Waals surface area (Å²) in [6.45, 7) is 2.09. The molecule has 0 spiro atoms. The van der Waals surface area contributed by atoms with Gasteiger partial charge in [-0.25, -0.2) is 0 Å². The molecule has 0 bridgehead atoms. The van der Waals surface area contributed by atoms with Crippen molar-refractivity contribution in [3.8, 4) is 0 Å². The van der Waals surface area contributed by atoms with Crippen LogP contribution in [0.5, 0.6) is 0 Å². The maximum absolute atomic E-state index is 12.4. The summed E-state index contributed by atoms with van der Waals surface area (Å²) in [5.41, 5.74) is -1.75. The van der Waals surface area contributed by atoms with Crippen molar-refractivity contribution in [3.63, 3.8) is 0 Å². The highest BCUT2D eigenvalue weighted by Crippen LogP contribution is 2.42. The van der Waals surface area contributed by atoms with Gasteiger partial charge in [-0.2, -0.15) is 0 Å². The Bertz CT molecular complexity index is 536. The number of amides is 1. The van der Waals surface area contributed by atoms with Gasteiger partial charge in [0.15, 0.2) is 5.41 Å². The molecule has 2 rings (SSSR count). The molecule has 6 heteroatoms. The summed E-state index contributed by atoms with van der Waals surface area (Å²) >= 11 is 0. The fraction of sp³-hybridized carbons (Fsp3) is 0.467. The highest BCUT2D eigenvalue weighted by Gasteiger charge is 2.56. The molecule has 0 saturated heterocycles. The summed E-state index contributed by atoms with van der Waals surface area (Å²) in [5, 5.41) is 12.3. The Hall–Kier alpha value is -2.08. The molecule has 0 fully saturated rings. The molecule has 1 heterocycles. The number of hydrogen-bond acceptors (Lipinski definition) is 4. The molecule has 1 aromatic heterocycles. The van der Waals surface area contributed by atoms with E-state index in [-0.39, 0.29) is 5.92 Å². The van der Waals surface area contributed by atoms with E-state index in [0.29, 0.717) is 18.7 Å². The predicted octanol–water partition coefficient (Wildman–Crippen LogP) is 1.55. The minimum Gasteiger partial charge on any atom is -0.480 e. The largest absolute Gasteiger partial charge is 0.480 e. The lowest BCUT2D eigenvalue weighted by atomic mass is 9.69. The standard InChI is InChI=1S/C15H19NO5/c1-3-16-13(17)15(14(18)19)8-4-6-10(12(15)20-2)11-7-5-9-21-11/h4-5,7-10,12H,3,6H2,1-2H3,(H,16,17)(H,18,19). The SMILES string of the molecule is CCNC(=O)C1(C(=O)O)C=CCC(c2ccco2)C1OC. The first-order valence-corrected chi connectivity index (χ1v) is 6.83. The van der Waals surface area contributed by atoms with E-state index in [4.69, 9.17) is 9.15 Å². The van der Waals surface area contributed by atoms with E-state index < -0.39 is 23.4 Å². The van der Waals surface area contributed by atoms with Crippen LogP contribution >= 0.6 is 0 Å². The third-order valence-corrected chi connectivity index (χ3v) is 3.81. The second-order valence-corrected chi connectivity index (χ2v) is 4.95. The van der Waals surface area contributed by atoms with Crippen LogP contribution in [0.2, 0.25) is 0 Å². The Morgan fingerprint density at radius 3 is 2.86 bits per heavy atom. The summed E-state index contributed by atoms with van der Waals surface area (Å²) < 4.78 is 10.8. The summed E-state index contributed by atoms with van der Waals surface area (Å²) in [5.74, 6) is -1.51. The van der Waals surface area contributed by atoms with E-state index in [9.17, 15) is 14.7 Å². The van der Waals surface area contributed by atoms with Crippen molar-refractivity contribution >= 4 is 11.9 Å². The van der Waals surface area contributed by atoms with Gasteiger partial charge in [0.25, 0.3) is 0 Å². The Labute approximate surface area is 122 Å². The molecule has 0 radical (unpaired) electrons. The summed E-state index contributed by atoms with van der Waals surface area (Å²) in [6, 6.07) is 3.50. The van der Waals surface area contributed by atoms with Crippen LogP contribution in [-0.2, 0) is 14.3 Å². The van der Waals surface area contributed by atoms with Gasteiger partial charge in [-0.05, 0) is 25.5 Å². The molecule has 1 aliphatic rings. The normalized spacial score (nSPS) is 28.3. The van der Waals surface area contributed by atoms with Crippen molar-refractivity contribution < 1.29 is 23.8 Å². The lowest BCUT2D eigenvalue weighted by Gasteiger charge is -2.39. The first-order valence-electron chi connectivity index (χ1n) is 6.83. The van der Waals surface area contributed by atoms with Gasteiger partial charge >= 0.3 is 5.97 Å². The minimum atomic E-state index is -1.75. The number of allylic oxidation sites excluding steroid dienone is 1. The smallest absolute Gasteiger partial charge is 0.325 e. The van der Waals surface area contributed by atoms with Crippen LogP contribution in [0.15, 0.2) is 35.0 Å². The van der Waals surface area contributed by atoms with E-state index in [1.54, 1.807) is 25.1 Å². The number of carboxylic acid groups (broad SMARTS) is 1. The lowest BCUT2D eigenvalue weighted by molar-refractivity contribution is -0.163. The molecule has 21 heavy (non-hydrogen) atoms. The van der Waals surface area contributed by atoms with Crippen LogP contribution in [-0.4, -0.2) is 36.7 Å². The monoisotopic (exact) mass is 293 g/mol. The second-order valence-electron chi connectivity index (χ2n) is 4.95. The van der Waals surface area contributed by atoms with E-state index in [2.05, 4.69) is 5.32 Å². The van der Waals surface area contributed by atoms with E-state index in [1.807, 2.05) is 0 Å². The lowest BCUT2D eigenvalue weighted by Crippen LogP contribution is -2.56. The molecule has 0 aliphatic heterocycles. The van der Waals surface area contributed by atoms with E-state index >= 15 is 0 Å². The van der Waals surface area contributed by atoms with E-state index in [1.165, 1.54) is 19.4 Å². The fourth-order valence-corrected chi connectivity index (χ4v) is 2.86. The summed E-state index contributed by atoms with van der Waals surface area (Å²) in [6.07, 6.45) is 4.37. The van der Waals surface area contributed by atoms with Gasteiger partial charge in [-0.15, -0.1) is 0 Å². The highest BCUT2D eigenvalue weighted by molar-refractivity contribution is 6.05. The topological polar surface area (TPSA) is 88.8 Å². The summed E-state index contributed by atoms with van der Waals surface area (Å²) in [4.78, 5) is 24.2. The maximum Gasteiger partial charge on any atom is 0.325 e. The molecule has 2 N–H and O–H groups in total. The van der Waals surface area contributed by atoms with Crippen LogP contribution in [0.25, 0.3) is 0 Å². The number of carboxylic acids is 1. The van der Waals surface area contributed by atoms with Crippen LogP contribution in [0.1, 0.15) is 25.0 Å². The van der Waals surface area contributed by atoms with Crippen molar-refractivity contribution in [2.45, 2.75) is 25.4 Å². The van der Waals surface area contributed by atoms with Gasteiger partial charge in [0.2, 0.25) is 5.91 Å². The number of carbonyl (C=O) groups is 2. The fourth-order valence-electron chi connectivity index (χ4n) is 2.86. The van der Waals surface area contributed by atoms with Crippen LogP contribution < -0.4 is 5.32 Å². The van der Waals surface area contributed by atoms with Gasteiger partial charge in [-0.1, -0.05) is 12.2 Å². The molecule has 6 nitrogen and oxygen atoms in total. The Morgan fingerprint density at radius 2 is 2.33 bits per heavy atom. The number of aliphatic carboxylic acids is 1. The molecule has 1 amide bonds. The zero-order valence-corrected chi connectivity index (χ0v) is 12.0. The molecule has 114 valence electrons. The number of carbonyl (C=O) groups excluding carboxylic acids is 1. The second kappa shape index (κ2) is 6.13. The zero-order chi connectivity index (χ0) is 15.5. The van der Waals surface area contributed by atoms with Gasteiger partial charge < -0.3 is 19.6 Å². The number of methoxy groups -OCH3 is 1. The molecule has 3 atom stereocenters. The Morgan fingerprint density at radius 1 is 1.57 bits per heavy atom. The van der Waals surface area contributed by atoms with Gasteiger partial charge in [0.1, 0.15) is 5.76 Å². The van der Waals surface area contributed by atoms with Gasteiger partial charge in [-0.3, -0.25) is 9.59 Å². The molecule has 0 saturated carbocycles. The maximum atomic E-state index is 12.4. The number of hydrogen-bond donors (Lipinski definition) is 2. The first kappa shape index (κ1) is 15.3. The first-order chi connectivity index (χ1) is 10.1. The molecule has 1 aliphatic carbocycles. The molecule has 0 aromatic carbocycles. The number of rotatable bonds is 5. The number of furan rings is 1. The van der Waals surface area contributed by atoms with Crippen LogP contribution in [0, 0.1) is 5.41 Å². The van der Waals surface area contributed by atoms with Crippen molar-refractivity contribution in [2.75, 3.05) is 13.7 Å². The summed E-state index contributed by atoms with van der Waals surface area (Å²) in [7, 11) is 1.41. The zero-order valence-electron chi connectivity index (χ0n) is 12.0. The minimum absolute atomic E-state index is 0.325. The predicted molar refractivity (Wildman–Crippen MR) is 74.8 cm³/mol. The van der Waals surface area contributed by atoms with E-state index in [0.717, 1.165) is 0 Å². The average molecular weight is 293 g/mol. The van der Waals surface area contributed by atoms with Crippen molar-refractivity contribution in [1.29, 1.82) is 0 Å². The third-order valence-electron chi connectivity index (χ3n) is 3.81. The third kappa shape index (κ3) is 2.47.